The maximum absolute atomic E-state index is 4.17. The van der Waals surface area contributed by atoms with Gasteiger partial charge in [0.1, 0.15) is 0 Å². The summed E-state index contributed by atoms with van der Waals surface area (Å²) < 4.78 is 1.98. The first-order chi connectivity index (χ1) is 7.34. The lowest BCUT2D eigenvalue weighted by Gasteiger charge is -2.10. The number of nitrogens with one attached hydrogen (secondary N) is 1. The molecule has 1 fully saturated rings. The number of aromatic nitrogens is 2. The third kappa shape index (κ3) is 3.34. The van der Waals surface area contributed by atoms with Gasteiger partial charge in [0.05, 0.1) is 6.54 Å². The Morgan fingerprint density at radius 1 is 1.47 bits per heavy atom. The van der Waals surface area contributed by atoms with Gasteiger partial charge in [-0.05, 0) is 37.3 Å². The van der Waals surface area contributed by atoms with Gasteiger partial charge in [0.15, 0.2) is 0 Å². The molecule has 0 radical (unpaired) electrons. The van der Waals surface area contributed by atoms with Gasteiger partial charge in [-0.15, -0.1) is 0 Å². The zero-order chi connectivity index (χ0) is 10.5. The van der Waals surface area contributed by atoms with Gasteiger partial charge in [-0.1, -0.05) is 13.3 Å². The minimum absolute atomic E-state index is 0.914. The quantitative estimate of drug-likeness (QED) is 0.747. The summed E-state index contributed by atoms with van der Waals surface area (Å²) in [5.41, 5.74) is 0. The van der Waals surface area contributed by atoms with E-state index in [4.69, 9.17) is 0 Å². The lowest BCUT2D eigenvalue weighted by molar-refractivity contribution is 0.454. The molecule has 3 nitrogen and oxygen atoms in total. The molecule has 0 saturated heterocycles. The first-order valence-electron chi connectivity index (χ1n) is 6.02. The van der Waals surface area contributed by atoms with E-state index in [-0.39, 0.29) is 0 Å². The summed E-state index contributed by atoms with van der Waals surface area (Å²) in [4.78, 5) is 0. The Morgan fingerprint density at radius 3 is 3.07 bits per heavy atom. The fraction of sp³-hybridized carbons (Fsp3) is 0.750. The maximum Gasteiger partial charge on any atom is 0.0533 e. The standard InChI is InChI=1S/C12H21N3/c1-11-3-4-12(9-11)10-13-6-8-15-7-2-5-14-15/h2,5,7,11-13H,3-4,6,8-10H2,1H3. The van der Waals surface area contributed by atoms with Crippen LogP contribution in [0.2, 0.25) is 0 Å². The molecule has 1 saturated carbocycles. The van der Waals surface area contributed by atoms with E-state index in [1.54, 1.807) is 0 Å². The minimum atomic E-state index is 0.914. The smallest absolute Gasteiger partial charge is 0.0533 e. The van der Waals surface area contributed by atoms with Gasteiger partial charge in [-0.2, -0.15) is 5.10 Å². The zero-order valence-electron chi connectivity index (χ0n) is 9.52. The fourth-order valence-corrected chi connectivity index (χ4v) is 2.44. The predicted molar refractivity (Wildman–Crippen MR) is 61.6 cm³/mol. The first-order valence-corrected chi connectivity index (χ1v) is 6.02. The van der Waals surface area contributed by atoms with Crippen LogP contribution in [0.3, 0.4) is 0 Å². The molecule has 1 aliphatic carbocycles. The fourth-order valence-electron chi connectivity index (χ4n) is 2.44. The predicted octanol–water partition coefficient (Wildman–Crippen LogP) is 1.91. The van der Waals surface area contributed by atoms with E-state index in [1.165, 1.54) is 25.8 Å². The molecule has 2 unspecified atom stereocenters. The van der Waals surface area contributed by atoms with E-state index in [9.17, 15) is 0 Å². The van der Waals surface area contributed by atoms with Crippen LogP contribution >= 0.6 is 0 Å². The van der Waals surface area contributed by atoms with E-state index in [2.05, 4.69) is 17.3 Å². The minimum Gasteiger partial charge on any atom is -0.315 e. The molecule has 15 heavy (non-hydrogen) atoms. The Bertz CT molecular complexity index is 268. The highest BCUT2D eigenvalue weighted by Gasteiger charge is 2.20. The van der Waals surface area contributed by atoms with Gasteiger partial charge in [-0.3, -0.25) is 4.68 Å². The van der Waals surface area contributed by atoms with Crippen LogP contribution in [0.1, 0.15) is 26.2 Å². The van der Waals surface area contributed by atoms with Crippen molar-refractivity contribution in [3.8, 4) is 0 Å². The van der Waals surface area contributed by atoms with E-state index < -0.39 is 0 Å². The van der Waals surface area contributed by atoms with Crippen molar-refractivity contribution in [3.05, 3.63) is 18.5 Å². The van der Waals surface area contributed by atoms with Gasteiger partial charge in [-0.25, -0.2) is 0 Å². The first kappa shape index (κ1) is 10.7. The highest BCUT2D eigenvalue weighted by molar-refractivity contribution is 4.78. The second-order valence-electron chi connectivity index (χ2n) is 4.76. The second kappa shape index (κ2) is 5.31. The summed E-state index contributed by atoms with van der Waals surface area (Å²) in [7, 11) is 0. The summed E-state index contributed by atoms with van der Waals surface area (Å²) in [6, 6.07) is 1.97. The van der Waals surface area contributed by atoms with Crippen LogP contribution in [0, 0.1) is 11.8 Å². The van der Waals surface area contributed by atoms with Crippen LogP contribution in [-0.4, -0.2) is 22.9 Å². The molecule has 1 N–H and O–H groups in total. The van der Waals surface area contributed by atoms with Crippen molar-refractivity contribution in [2.75, 3.05) is 13.1 Å². The van der Waals surface area contributed by atoms with E-state index in [0.717, 1.165) is 24.9 Å². The van der Waals surface area contributed by atoms with Crippen molar-refractivity contribution in [1.82, 2.24) is 15.1 Å². The van der Waals surface area contributed by atoms with Gasteiger partial charge < -0.3 is 5.32 Å². The van der Waals surface area contributed by atoms with Crippen molar-refractivity contribution in [3.63, 3.8) is 0 Å². The monoisotopic (exact) mass is 207 g/mol. The summed E-state index contributed by atoms with van der Waals surface area (Å²) in [5, 5.41) is 7.70. The normalized spacial score (nSPS) is 25.9. The van der Waals surface area contributed by atoms with Gasteiger partial charge in [0.2, 0.25) is 0 Å². The summed E-state index contributed by atoms with van der Waals surface area (Å²) in [5.74, 6) is 1.86. The molecular formula is C12H21N3. The van der Waals surface area contributed by atoms with Crippen LogP contribution in [0.5, 0.6) is 0 Å². The Balaban J connectivity index is 1.55. The molecule has 1 aliphatic rings. The molecule has 1 aromatic heterocycles. The summed E-state index contributed by atoms with van der Waals surface area (Å²) in [6.07, 6.45) is 8.09. The van der Waals surface area contributed by atoms with Crippen LogP contribution < -0.4 is 5.32 Å². The molecule has 1 aromatic rings. The maximum atomic E-state index is 4.17. The Kier molecular flexibility index (Phi) is 3.78. The Hall–Kier alpha value is -0.830. The lowest BCUT2D eigenvalue weighted by atomic mass is 10.1. The summed E-state index contributed by atoms with van der Waals surface area (Å²) >= 11 is 0. The number of hydrogen-bond donors (Lipinski definition) is 1. The molecule has 0 aliphatic heterocycles. The van der Waals surface area contributed by atoms with Crippen LogP contribution in [-0.2, 0) is 6.54 Å². The van der Waals surface area contributed by atoms with Crippen molar-refractivity contribution < 1.29 is 0 Å². The van der Waals surface area contributed by atoms with Crippen molar-refractivity contribution in [1.29, 1.82) is 0 Å². The van der Waals surface area contributed by atoms with E-state index in [1.807, 2.05) is 23.1 Å². The third-order valence-corrected chi connectivity index (χ3v) is 3.31. The molecule has 84 valence electrons. The largest absolute Gasteiger partial charge is 0.315 e. The number of nitrogens with zero attached hydrogens (tertiary/aromatic N) is 2. The highest BCUT2D eigenvalue weighted by Crippen LogP contribution is 2.29. The average Bonchev–Trinajstić information content (AvgIpc) is 2.84. The SMILES string of the molecule is CC1CCC(CNCCn2cccn2)C1. The third-order valence-electron chi connectivity index (χ3n) is 3.31. The molecule has 0 aromatic carbocycles. The number of rotatable bonds is 5. The molecule has 3 heteroatoms. The molecule has 2 rings (SSSR count). The van der Waals surface area contributed by atoms with Crippen molar-refractivity contribution in [2.24, 2.45) is 11.8 Å². The number of hydrogen-bond acceptors (Lipinski definition) is 2. The molecule has 0 amide bonds. The van der Waals surface area contributed by atoms with Gasteiger partial charge in [0.25, 0.3) is 0 Å². The van der Waals surface area contributed by atoms with Crippen LogP contribution in [0.15, 0.2) is 18.5 Å². The average molecular weight is 207 g/mol. The van der Waals surface area contributed by atoms with E-state index in [0.29, 0.717) is 0 Å². The topological polar surface area (TPSA) is 29.9 Å². The van der Waals surface area contributed by atoms with E-state index >= 15 is 0 Å². The second-order valence-corrected chi connectivity index (χ2v) is 4.76. The molecule has 1 heterocycles. The Morgan fingerprint density at radius 2 is 2.40 bits per heavy atom. The molecule has 2 atom stereocenters. The molecular weight excluding hydrogens is 186 g/mol. The van der Waals surface area contributed by atoms with Gasteiger partial charge >= 0.3 is 0 Å². The highest BCUT2D eigenvalue weighted by atomic mass is 15.3. The molecule has 0 spiro atoms. The Labute approximate surface area is 91.9 Å². The van der Waals surface area contributed by atoms with Gasteiger partial charge in [0, 0.05) is 18.9 Å². The zero-order valence-corrected chi connectivity index (χ0v) is 9.52. The summed E-state index contributed by atoms with van der Waals surface area (Å²) in [6.45, 7) is 5.57. The van der Waals surface area contributed by atoms with Crippen molar-refractivity contribution >= 4 is 0 Å². The molecule has 0 bridgehead atoms. The lowest BCUT2D eigenvalue weighted by Crippen LogP contribution is -2.25. The van der Waals surface area contributed by atoms with Crippen molar-refractivity contribution in [2.45, 2.75) is 32.7 Å². The van der Waals surface area contributed by atoms with Crippen LogP contribution in [0.25, 0.3) is 0 Å². The van der Waals surface area contributed by atoms with Crippen LogP contribution in [0.4, 0.5) is 0 Å².